The van der Waals surface area contributed by atoms with Crippen LogP contribution in [0.2, 0.25) is 0 Å². The van der Waals surface area contributed by atoms with Crippen molar-refractivity contribution >= 4 is 6.21 Å². The summed E-state index contributed by atoms with van der Waals surface area (Å²) in [6.07, 6.45) is 1.85. The van der Waals surface area contributed by atoms with Crippen LogP contribution in [0.15, 0.2) is 65.8 Å². The minimum absolute atomic E-state index is 0.398. The van der Waals surface area contributed by atoms with Gasteiger partial charge in [0.2, 0.25) is 5.75 Å². The molecule has 33 heavy (non-hydrogen) atoms. The molecule has 170 valence electrons. The number of hydrogen-bond donors (Lipinski definition) is 1. The van der Waals surface area contributed by atoms with E-state index in [1.807, 2.05) is 18.3 Å². The van der Waals surface area contributed by atoms with Crippen LogP contribution in [0.25, 0.3) is 11.1 Å². The molecule has 0 radical (unpaired) electrons. The number of rotatable bonds is 6. The molecule has 2 aliphatic rings. The molecule has 0 aromatic heterocycles. The molecule has 1 aliphatic heterocycles. The van der Waals surface area contributed by atoms with Gasteiger partial charge in [0, 0.05) is 16.7 Å². The molecule has 0 atom stereocenters. The minimum Gasteiger partial charge on any atom is -0.493 e. The van der Waals surface area contributed by atoms with Crippen molar-refractivity contribution in [3.8, 4) is 28.4 Å². The molecule has 3 aromatic rings. The van der Waals surface area contributed by atoms with Crippen molar-refractivity contribution in [2.24, 2.45) is 5.10 Å². The van der Waals surface area contributed by atoms with Crippen LogP contribution in [0, 0.1) is 0 Å². The number of benzene rings is 3. The summed E-state index contributed by atoms with van der Waals surface area (Å²) < 4.78 is 16.4. The summed E-state index contributed by atoms with van der Waals surface area (Å²) in [7, 11) is 4.87. The lowest BCUT2D eigenvalue weighted by Crippen LogP contribution is -3.14. The maximum absolute atomic E-state index is 5.58. The average Bonchev–Trinajstić information content (AvgIpc) is 3.21. The Morgan fingerprint density at radius 2 is 1.39 bits per heavy atom. The zero-order chi connectivity index (χ0) is 22.8. The number of nitrogens with one attached hydrogen (secondary N) is 1. The van der Waals surface area contributed by atoms with E-state index in [0.717, 1.165) is 31.7 Å². The van der Waals surface area contributed by atoms with E-state index in [0.29, 0.717) is 23.3 Å². The molecule has 0 bridgehead atoms. The monoisotopic (exact) mass is 444 g/mol. The zero-order valence-corrected chi connectivity index (χ0v) is 19.4. The van der Waals surface area contributed by atoms with Gasteiger partial charge in [0.1, 0.15) is 6.04 Å². The fourth-order valence-corrected chi connectivity index (χ4v) is 5.15. The number of fused-ring (bicyclic) bond motifs is 3. The number of hydrogen-bond acceptors (Lipinski definition) is 5. The van der Waals surface area contributed by atoms with Gasteiger partial charge in [-0.25, -0.2) is 0 Å². The van der Waals surface area contributed by atoms with Crippen LogP contribution in [0.3, 0.4) is 0 Å². The second-order valence-corrected chi connectivity index (χ2v) is 8.39. The first kappa shape index (κ1) is 21.3. The molecule has 6 heteroatoms. The Balaban J connectivity index is 1.31. The highest BCUT2D eigenvalue weighted by molar-refractivity contribution is 5.86. The summed E-state index contributed by atoms with van der Waals surface area (Å²) >= 11 is 0. The molecule has 1 N–H and O–H groups in total. The molecular formula is C27H30N3O3+. The van der Waals surface area contributed by atoms with Crippen LogP contribution < -0.4 is 19.1 Å². The highest BCUT2D eigenvalue weighted by atomic mass is 16.5. The highest BCUT2D eigenvalue weighted by Crippen LogP contribution is 2.42. The summed E-state index contributed by atoms with van der Waals surface area (Å²) in [5.74, 6) is 1.85. The van der Waals surface area contributed by atoms with E-state index in [2.05, 4.69) is 53.5 Å². The van der Waals surface area contributed by atoms with Gasteiger partial charge < -0.3 is 19.1 Å². The van der Waals surface area contributed by atoms with Gasteiger partial charge in [-0.1, -0.05) is 48.5 Å². The van der Waals surface area contributed by atoms with Crippen molar-refractivity contribution < 1.29 is 19.1 Å². The van der Waals surface area contributed by atoms with Crippen LogP contribution in [0.1, 0.15) is 22.7 Å². The molecule has 6 nitrogen and oxygen atoms in total. The Hall–Kier alpha value is -3.51. The number of nitrogens with zero attached hydrogens (tertiary/aromatic N) is 2. The van der Waals surface area contributed by atoms with E-state index in [4.69, 9.17) is 19.3 Å². The molecule has 1 heterocycles. The van der Waals surface area contributed by atoms with Gasteiger partial charge in [-0.2, -0.15) is 5.10 Å². The lowest BCUT2D eigenvalue weighted by molar-refractivity contribution is -0.929. The molecule has 1 saturated heterocycles. The summed E-state index contributed by atoms with van der Waals surface area (Å²) in [6.45, 7) is 3.88. The first-order valence-corrected chi connectivity index (χ1v) is 11.4. The number of hydrazone groups is 1. The summed E-state index contributed by atoms with van der Waals surface area (Å²) in [5, 5.41) is 6.91. The van der Waals surface area contributed by atoms with Crippen LogP contribution in [-0.4, -0.2) is 58.7 Å². The fraction of sp³-hybridized carbons (Fsp3) is 0.296. The molecule has 5 rings (SSSR count). The van der Waals surface area contributed by atoms with E-state index in [1.54, 1.807) is 26.2 Å². The van der Waals surface area contributed by atoms with Gasteiger partial charge >= 0.3 is 0 Å². The second-order valence-electron chi connectivity index (χ2n) is 8.39. The second kappa shape index (κ2) is 9.16. The average molecular weight is 445 g/mol. The lowest BCUT2D eigenvalue weighted by Gasteiger charge is -2.34. The minimum atomic E-state index is 0.398. The molecule has 1 aliphatic carbocycles. The largest absolute Gasteiger partial charge is 0.493 e. The SMILES string of the molecule is COc1ccc(/C=N/N2CC[NH+](C3c4ccccc4-c4ccccc43)CC2)c(OC)c1OC. The third-order valence-corrected chi connectivity index (χ3v) is 6.72. The first-order chi connectivity index (χ1) is 16.2. The van der Waals surface area contributed by atoms with Crippen molar-refractivity contribution in [1.82, 2.24) is 5.01 Å². The fourth-order valence-electron chi connectivity index (χ4n) is 5.15. The third kappa shape index (κ3) is 3.80. The van der Waals surface area contributed by atoms with Gasteiger partial charge in [-0.3, -0.25) is 5.01 Å². The van der Waals surface area contributed by atoms with E-state index in [9.17, 15) is 0 Å². The van der Waals surface area contributed by atoms with Crippen molar-refractivity contribution in [1.29, 1.82) is 0 Å². The third-order valence-electron chi connectivity index (χ3n) is 6.72. The number of ether oxygens (including phenoxy) is 3. The summed E-state index contributed by atoms with van der Waals surface area (Å²) in [4.78, 5) is 1.60. The Morgan fingerprint density at radius 1 is 0.788 bits per heavy atom. The van der Waals surface area contributed by atoms with E-state index in [1.165, 1.54) is 22.3 Å². The number of piperazine rings is 1. The Kier molecular flexibility index (Phi) is 5.92. The van der Waals surface area contributed by atoms with Crippen molar-refractivity contribution in [3.63, 3.8) is 0 Å². The molecule has 1 fully saturated rings. The van der Waals surface area contributed by atoms with Crippen LogP contribution in [0.4, 0.5) is 0 Å². The highest BCUT2D eigenvalue weighted by Gasteiger charge is 2.37. The predicted octanol–water partition coefficient (Wildman–Crippen LogP) is 3.02. The van der Waals surface area contributed by atoms with E-state index in [-0.39, 0.29) is 0 Å². The van der Waals surface area contributed by atoms with Crippen molar-refractivity contribution in [3.05, 3.63) is 77.4 Å². The number of methoxy groups -OCH3 is 3. The molecule has 3 aromatic carbocycles. The smallest absolute Gasteiger partial charge is 0.203 e. The Bertz CT molecular complexity index is 1120. The molecule has 0 saturated carbocycles. The van der Waals surface area contributed by atoms with Crippen LogP contribution >= 0.6 is 0 Å². The predicted molar refractivity (Wildman–Crippen MR) is 130 cm³/mol. The first-order valence-electron chi connectivity index (χ1n) is 11.4. The lowest BCUT2D eigenvalue weighted by atomic mass is 10.0. The maximum atomic E-state index is 5.58. The molecular weight excluding hydrogens is 414 g/mol. The van der Waals surface area contributed by atoms with E-state index < -0.39 is 0 Å². The van der Waals surface area contributed by atoms with Crippen molar-refractivity contribution in [2.45, 2.75) is 6.04 Å². The van der Waals surface area contributed by atoms with Crippen LogP contribution in [-0.2, 0) is 0 Å². The maximum Gasteiger partial charge on any atom is 0.203 e. The van der Waals surface area contributed by atoms with Gasteiger partial charge in [0.15, 0.2) is 11.5 Å². The molecule has 0 amide bonds. The van der Waals surface area contributed by atoms with Gasteiger partial charge in [0.25, 0.3) is 0 Å². The van der Waals surface area contributed by atoms with Gasteiger partial charge in [0.05, 0.1) is 53.7 Å². The standard InChI is InChI=1S/C27H29N3O3/c1-31-24-13-12-19(26(32-2)27(24)33-3)18-28-30-16-14-29(15-17-30)25-22-10-6-4-8-20(22)21-9-5-7-11-23(21)25/h4-13,18,25H,14-17H2,1-3H3/p+1/b28-18+. The molecule has 0 unspecified atom stereocenters. The molecule has 0 spiro atoms. The van der Waals surface area contributed by atoms with Gasteiger partial charge in [-0.05, 0) is 23.3 Å². The Morgan fingerprint density at radius 3 is 1.97 bits per heavy atom. The van der Waals surface area contributed by atoms with Crippen molar-refractivity contribution in [2.75, 3.05) is 47.5 Å². The van der Waals surface area contributed by atoms with E-state index >= 15 is 0 Å². The quantitative estimate of drug-likeness (QED) is 0.594. The van der Waals surface area contributed by atoms with Gasteiger partial charge in [-0.15, -0.1) is 0 Å². The summed E-state index contributed by atoms with van der Waals surface area (Å²) in [6, 6.07) is 21.9. The Labute approximate surface area is 195 Å². The summed E-state index contributed by atoms with van der Waals surface area (Å²) in [5.41, 5.74) is 6.52. The topological polar surface area (TPSA) is 47.7 Å². The normalized spacial score (nSPS) is 16.0. The zero-order valence-electron chi connectivity index (χ0n) is 19.4. The number of quaternary nitrogens is 1. The van der Waals surface area contributed by atoms with Crippen LogP contribution in [0.5, 0.6) is 17.2 Å².